The Balaban J connectivity index is 2.35. The van der Waals surface area contributed by atoms with Crippen molar-refractivity contribution in [3.8, 4) is 11.3 Å². The number of nitrogens with zero attached hydrogens (tertiary/aromatic N) is 2. The molecule has 3 rings (SSSR count). The van der Waals surface area contributed by atoms with Gasteiger partial charge in [-0.05, 0) is 6.92 Å². The third-order valence-corrected chi connectivity index (χ3v) is 3.28. The van der Waals surface area contributed by atoms with Gasteiger partial charge >= 0.3 is 0 Å². The van der Waals surface area contributed by atoms with Gasteiger partial charge in [0.05, 0.1) is 5.69 Å². The minimum absolute atomic E-state index is 0.385. The fourth-order valence-corrected chi connectivity index (χ4v) is 2.10. The van der Waals surface area contributed by atoms with E-state index in [9.17, 15) is 0 Å². The van der Waals surface area contributed by atoms with Crippen LogP contribution in [0.2, 0.25) is 5.15 Å². The molecule has 0 bridgehead atoms. The van der Waals surface area contributed by atoms with Crippen molar-refractivity contribution >= 4 is 28.9 Å². The topological polar surface area (TPSA) is 38.9 Å². The third-order valence-electron chi connectivity index (χ3n) is 2.92. The van der Waals surface area contributed by atoms with Gasteiger partial charge in [0.25, 0.3) is 0 Å². The summed E-state index contributed by atoms with van der Waals surface area (Å²) in [6.07, 6.45) is 1.72. The van der Waals surface area contributed by atoms with E-state index in [1.807, 2.05) is 30.3 Å². The fraction of sp³-hybridized carbons (Fsp3) is 0.0667. The maximum Gasteiger partial charge on any atom is 0.246 e. The molecule has 0 saturated heterocycles. The molecule has 3 nitrogen and oxygen atoms in total. The number of furan rings is 1. The number of halogens is 1. The Labute approximate surface area is 115 Å². The molecule has 2 heterocycles. The van der Waals surface area contributed by atoms with Crippen molar-refractivity contribution in [3.63, 3.8) is 0 Å². The highest BCUT2D eigenvalue weighted by Gasteiger charge is 2.17. The highest BCUT2D eigenvalue weighted by Crippen LogP contribution is 2.33. The molecule has 0 fully saturated rings. The number of hydrogen-bond donors (Lipinski definition) is 0. The van der Waals surface area contributed by atoms with Crippen LogP contribution in [-0.2, 0) is 0 Å². The lowest BCUT2D eigenvalue weighted by Gasteiger charge is -1.97. The molecule has 94 valence electrons. The minimum atomic E-state index is 0.385. The van der Waals surface area contributed by atoms with Crippen molar-refractivity contribution in [2.24, 2.45) is 0 Å². The van der Waals surface area contributed by atoms with Crippen LogP contribution in [0.3, 0.4) is 0 Å². The standard InChI is InChI=1S/C15H11ClN2O/c1-3-11-12-15(17-9(2)14(16)18-12)19-13(11)10-7-5-4-6-8-10/h3-8H,1H2,2H3. The predicted molar refractivity (Wildman–Crippen MR) is 77.1 cm³/mol. The molecule has 19 heavy (non-hydrogen) atoms. The van der Waals surface area contributed by atoms with E-state index in [0.717, 1.165) is 11.1 Å². The van der Waals surface area contributed by atoms with Crippen LogP contribution in [0.15, 0.2) is 41.3 Å². The Bertz CT molecular complexity index is 763. The summed E-state index contributed by atoms with van der Waals surface area (Å²) in [4.78, 5) is 8.65. The number of aryl methyl sites for hydroxylation is 1. The summed E-state index contributed by atoms with van der Waals surface area (Å²) >= 11 is 6.02. The van der Waals surface area contributed by atoms with Crippen molar-refractivity contribution in [2.45, 2.75) is 6.92 Å². The van der Waals surface area contributed by atoms with E-state index in [2.05, 4.69) is 16.5 Å². The molecule has 0 N–H and O–H groups in total. The quantitative estimate of drug-likeness (QED) is 0.688. The van der Waals surface area contributed by atoms with E-state index in [0.29, 0.717) is 27.8 Å². The van der Waals surface area contributed by atoms with Gasteiger partial charge < -0.3 is 4.42 Å². The van der Waals surface area contributed by atoms with Crippen molar-refractivity contribution in [2.75, 3.05) is 0 Å². The van der Waals surface area contributed by atoms with Crippen LogP contribution in [0, 0.1) is 6.92 Å². The Morgan fingerprint density at radius 3 is 2.63 bits per heavy atom. The second-order valence-corrected chi connectivity index (χ2v) is 4.53. The maximum absolute atomic E-state index is 6.02. The van der Waals surface area contributed by atoms with E-state index >= 15 is 0 Å². The number of benzene rings is 1. The van der Waals surface area contributed by atoms with E-state index in [-0.39, 0.29) is 0 Å². The summed E-state index contributed by atoms with van der Waals surface area (Å²) in [6.45, 7) is 5.62. The van der Waals surface area contributed by atoms with Gasteiger partial charge in [0.1, 0.15) is 11.3 Å². The summed E-state index contributed by atoms with van der Waals surface area (Å²) in [5.74, 6) is 0.715. The van der Waals surface area contributed by atoms with Crippen molar-refractivity contribution in [1.82, 2.24) is 9.97 Å². The second-order valence-electron chi connectivity index (χ2n) is 4.17. The Hall–Kier alpha value is -2.13. The molecule has 0 aliphatic heterocycles. The lowest BCUT2D eigenvalue weighted by Crippen LogP contribution is -1.87. The summed E-state index contributed by atoms with van der Waals surface area (Å²) in [5.41, 5.74) is 3.56. The second kappa shape index (κ2) is 4.52. The molecule has 0 amide bonds. The first-order valence-electron chi connectivity index (χ1n) is 5.85. The number of aromatic nitrogens is 2. The molecule has 1 aromatic carbocycles. The summed E-state index contributed by atoms with van der Waals surface area (Å²) in [6, 6.07) is 9.80. The van der Waals surface area contributed by atoms with Crippen molar-refractivity contribution < 1.29 is 4.42 Å². The molecular formula is C15H11ClN2O. The molecule has 3 aromatic rings. The van der Waals surface area contributed by atoms with Crippen LogP contribution in [0.5, 0.6) is 0 Å². The highest BCUT2D eigenvalue weighted by molar-refractivity contribution is 6.30. The van der Waals surface area contributed by atoms with Gasteiger partial charge in [-0.25, -0.2) is 9.97 Å². The molecule has 0 saturated carbocycles. The largest absolute Gasteiger partial charge is 0.436 e. The first-order valence-corrected chi connectivity index (χ1v) is 6.23. The normalized spacial score (nSPS) is 10.8. The van der Waals surface area contributed by atoms with E-state index in [1.54, 1.807) is 13.0 Å². The van der Waals surface area contributed by atoms with Crippen LogP contribution in [0.25, 0.3) is 28.6 Å². The van der Waals surface area contributed by atoms with Gasteiger partial charge in [0.15, 0.2) is 5.15 Å². The van der Waals surface area contributed by atoms with Crippen LogP contribution in [0.4, 0.5) is 0 Å². The summed E-state index contributed by atoms with van der Waals surface area (Å²) < 4.78 is 5.81. The molecular weight excluding hydrogens is 260 g/mol. The van der Waals surface area contributed by atoms with E-state index in [1.165, 1.54) is 0 Å². The Morgan fingerprint density at radius 1 is 1.21 bits per heavy atom. The van der Waals surface area contributed by atoms with E-state index in [4.69, 9.17) is 16.0 Å². The predicted octanol–water partition coefficient (Wildman–Crippen LogP) is 4.49. The van der Waals surface area contributed by atoms with Gasteiger partial charge in [0, 0.05) is 11.1 Å². The maximum atomic E-state index is 6.02. The zero-order chi connectivity index (χ0) is 13.4. The van der Waals surface area contributed by atoms with Crippen molar-refractivity contribution in [1.29, 1.82) is 0 Å². The molecule has 2 aromatic heterocycles. The van der Waals surface area contributed by atoms with Gasteiger partial charge in [0.2, 0.25) is 5.71 Å². The first-order chi connectivity index (χ1) is 9.20. The Kier molecular flexibility index (Phi) is 2.84. The average molecular weight is 271 g/mol. The minimum Gasteiger partial charge on any atom is -0.436 e. The van der Waals surface area contributed by atoms with Crippen LogP contribution in [-0.4, -0.2) is 9.97 Å². The van der Waals surface area contributed by atoms with Gasteiger partial charge in [-0.3, -0.25) is 0 Å². The number of hydrogen-bond acceptors (Lipinski definition) is 3. The molecule has 0 aliphatic rings. The molecule has 4 heteroatoms. The molecule has 0 unspecified atom stereocenters. The lowest BCUT2D eigenvalue weighted by atomic mass is 10.1. The zero-order valence-electron chi connectivity index (χ0n) is 10.4. The van der Waals surface area contributed by atoms with Crippen LogP contribution < -0.4 is 0 Å². The van der Waals surface area contributed by atoms with Crippen molar-refractivity contribution in [3.05, 3.63) is 53.3 Å². The van der Waals surface area contributed by atoms with Gasteiger partial charge in [-0.15, -0.1) is 0 Å². The van der Waals surface area contributed by atoms with Gasteiger partial charge in [-0.1, -0.05) is 54.6 Å². The van der Waals surface area contributed by atoms with Crippen LogP contribution in [0.1, 0.15) is 11.3 Å². The summed E-state index contributed by atoms with van der Waals surface area (Å²) in [7, 11) is 0. The Morgan fingerprint density at radius 2 is 1.95 bits per heavy atom. The third kappa shape index (κ3) is 1.92. The lowest BCUT2D eigenvalue weighted by molar-refractivity contribution is 0.616. The number of rotatable bonds is 2. The fourth-order valence-electron chi connectivity index (χ4n) is 1.98. The molecule has 0 radical (unpaired) electrons. The molecule has 0 atom stereocenters. The summed E-state index contributed by atoms with van der Waals surface area (Å²) in [5, 5.41) is 0.385. The first kappa shape index (κ1) is 11.9. The molecule has 0 aliphatic carbocycles. The van der Waals surface area contributed by atoms with Crippen LogP contribution >= 0.6 is 11.6 Å². The SMILES string of the molecule is C=Cc1c(-c2ccccc2)oc2nc(C)c(Cl)nc12. The monoisotopic (exact) mass is 270 g/mol. The van der Waals surface area contributed by atoms with Gasteiger partial charge in [-0.2, -0.15) is 0 Å². The van der Waals surface area contributed by atoms with E-state index < -0.39 is 0 Å². The average Bonchev–Trinajstić information content (AvgIpc) is 2.78. The molecule has 0 spiro atoms. The number of fused-ring (bicyclic) bond motifs is 1. The smallest absolute Gasteiger partial charge is 0.246 e. The highest BCUT2D eigenvalue weighted by atomic mass is 35.5. The zero-order valence-corrected chi connectivity index (χ0v) is 11.1.